The molecule has 0 bridgehead atoms. The second kappa shape index (κ2) is 5.14. The summed E-state index contributed by atoms with van der Waals surface area (Å²) in [4.78, 5) is 22.2. The molecule has 15 heavy (non-hydrogen) atoms. The van der Waals surface area contributed by atoms with Crippen molar-refractivity contribution in [3.05, 3.63) is 21.3 Å². The van der Waals surface area contributed by atoms with E-state index in [1.807, 2.05) is 0 Å². The molecular weight excluding hydrogens is 238 g/mol. The van der Waals surface area contributed by atoms with Gasteiger partial charge in [0.25, 0.3) is 0 Å². The molecule has 1 aromatic heterocycles. The van der Waals surface area contributed by atoms with Crippen molar-refractivity contribution < 1.29 is 14.7 Å². The summed E-state index contributed by atoms with van der Waals surface area (Å²) >= 11 is 7.06. The molecule has 1 rings (SSSR count). The van der Waals surface area contributed by atoms with Crippen molar-refractivity contribution in [3.8, 4) is 0 Å². The Balaban J connectivity index is 2.80. The highest BCUT2D eigenvalue weighted by atomic mass is 35.5. The topological polar surface area (TPSA) is 66.4 Å². The normalized spacial score (nSPS) is 12.1. The molecule has 1 aromatic rings. The summed E-state index contributed by atoms with van der Waals surface area (Å²) in [6.45, 7) is 1.35. The van der Waals surface area contributed by atoms with E-state index in [9.17, 15) is 9.59 Å². The molecule has 0 fully saturated rings. The standard InChI is InChI=1S/C9H10ClNO3S/c1-5(12)11-7(3-9(13)14)8-2-6(10)4-15-8/h2,4,7H,3H2,1H3,(H,11,12)(H,13,14). The van der Waals surface area contributed by atoms with E-state index < -0.39 is 12.0 Å². The Kier molecular flexibility index (Phi) is 4.11. The van der Waals surface area contributed by atoms with Gasteiger partial charge < -0.3 is 10.4 Å². The number of carbonyl (C=O) groups is 2. The van der Waals surface area contributed by atoms with Gasteiger partial charge in [0.1, 0.15) is 0 Å². The minimum atomic E-state index is -0.960. The van der Waals surface area contributed by atoms with Crippen LogP contribution in [0.15, 0.2) is 11.4 Å². The number of halogens is 1. The van der Waals surface area contributed by atoms with E-state index in [4.69, 9.17) is 16.7 Å². The second-order valence-electron chi connectivity index (χ2n) is 3.02. The van der Waals surface area contributed by atoms with Gasteiger partial charge in [-0.1, -0.05) is 11.6 Å². The average Bonchev–Trinajstić information content (AvgIpc) is 2.48. The van der Waals surface area contributed by atoms with Gasteiger partial charge in [-0.25, -0.2) is 0 Å². The van der Waals surface area contributed by atoms with Crippen LogP contribution in [0.3, 0.4) is 0 Å². The molecule has 0 saturated heterocycles. The number of hydrogen-bond acceptors (Lipinski definition) is 3. The minimum absolute atomic E-state index is 0.142. The highest BCUT2D eigenvalue weighted by molar-refractivity contribution is 7.10. The Morgan fingerprint density at radius 1 is 1.67 bits per heavy atom. The third-order valence-electron chi connectivity index (χ3n) is 1.69. The zero-order chi connectivity index (χ0) is 11.4. The molecule has 1 amide bonds. The smallest absolute Gasteiger partial charge is 0.305 e. The van der Waals surface area contributed by atoms with Crippen LogP contribution < -0.4 is 5.32 Å². The molecule has 0 radical (unpaired) electrons. The summed E-state index contributed by atoms with van der Waals surface area (Å²) in [5, 5.41) is 13.5. The first-order valence-corrected chi connectivity index (χ1v) is 5.47. The maximum absolute atomic E-state index is 10.9. The van der Waals surface area contributed by atoms with Crippen molar-refractivity contribution in [2.75, 3.05) is 0 Å². The van der Waals surface area contributed by atoms with Crippen molar-refractivity contribution in [2.45, 2.75) is 19.4 Å². The third-order valence-corrected chi connectivity index (χ3v) is 3.08. The predicted octanol–water partition coefficient (Wildman–Crippen LogP) is 2.05. The quantitative estimate of drug-likeness (QED) is 0.856. The Bertz CT molecular complexity index is 361. The summed E-state index contributed by atoms with van der Waals surface area (Å²) in [6.07, 6.45) is -0.142. The number of carboxylic acids is 1. The summed E-state index contributed by atoms with van der Waals surface area (Å²) in [5.41, 5.74) is 0. The lowest BCUT2D eigenvalue weighted by molar-refractivity contribution is -0.137. The van der Waals surface area contributed by atoms with Crippen molar-refractivity contribution in [1.82, 2.24) is 5.32 Å². The van der Waals surface area contributed by atoms with Crippen molar-refractivity contribution >= 4 is 34.8 Å². The van der Waals surface area contributed by atoms with Crippen LogP contribution in [-0.2, 0) is 9.59 Å². The van der Waals surface area contributed by atoms with E-state index in [2.05, 4.69) is 5.32 Å². The van der Waals surface area contributed by atoms with Gasteiger partial charge in [-0.2, -0.15) is 0 Å². The van der Waals surface area contributed by atoms with Crippen LogP contribution in [0.2, 0.25) is 5.02 Å². The SMILES string of the molecule is CC(=O)NC(CC(=O)O)c1cc(Cl)cs1. The summed E-state index contributed by atoms with van der Waals surface area (Å²) in [5.74, 6) is -1.22. The first-order chi connectivity index (χ1) is 6.99. The Labute approximate surface area is 95.9 Å². The van der Waals surface area contributed by atoms with E-state index in [-0.39, 0.29) is 12.3 Å². The Morgan fingerprint density at radius 3 is 2.73 bits per heavy atom. The van der Waals surface area contributed by atoms with Gasteiger partial charge in [0, 0.05) is 17.2 Å². The summed E-state index contributed by atoms with van der Waals surface area (Å²) in [6, 6.07) is 1.16. The minimum Gasteiger partial charge on any atom is -0.481 e. The molecule has 0 aromatic carbocycles. The van der Waals surface area contributed by atoms with Crippen LogP contribution in [-0.4, -0.2) is 17.0 Å². The number of hydrogen-bond donors (Lipinski definition) is 2. The van der Waals surface area contributed by atoms with E-state index in [1.165, 1.54) is 18.3 Å². The molecule has 0 aliphatic carbocycles. The molecule has 0 aliphatic heterocycles. The largest absolute Gasteiger partial charge is 0.481 e. The van der Waals surface area contributed by atoms with Crippen LogP contribution in [0.25, 0.3) is 0 Å². The fourth-order valence-corrected chi connectivity index (χ4v) is 2.29. The van der Waals surface area contributed by atoms with Gasteiger partial charge in [0.2, 0.25) is 5.91 Å². The van der Waals surface area contributed by atoms with Crippen molar-refractivity contribution in [1.29, 1.82) is 0 Å². The third kappa shape index (κ3) is 3.89. The van der Waals surface area contributed by atoms with Gasteiger partial charge in [-0.05, 0) is 6.07 Å². The van der Waals surface area contributed by atoms with E-state index in [0.717, 1.165) is 4.88 Å². The van der Waals surface area contributed by atoms with Crippen molar-refractivity contribution in [2.24, 2.45) is 0 Å². The van der Waals surface area contributed by atoms with Gasteiger partial charge >= 0.3 is 5.97 Å². The number of nitrogens with one attached hydrogen (secondary N) is 1. The number of carboxylic acid groups (broad SMARTS) is 1. The first-order valence-electron chi connectivity index (χ1n) is 4.22. The van der Waals surface area contributed by atoms with Crippen LogP contribution >= 0.6 is 22.9 Å². The fourth-order valence-electron chi connectivity index (χ4n) is 1.15. The first kappa shape index (κ1) is 12.0. The number of aliphatic carboxylic acids is 1. The maximum Gasteiger partial charge on any atom is 0.305 e. The van der Waals surface area contributed by atoms with Crippen LogP contribution in [0, 0.1) is 0 Å². The maximum atomic E-state index is 10.9. The van der Waals surface area contributed by atoms with Gasteiger partial charge in [-0.3, -0.25) is 9.59 Å². The molecule has 0 aliphatic rings. The molecule has 2 N–H and O–H groups in total. The van der Waals surface area contributed by atoms with E-state index in [0.29, 0.717) is 5.02 Å². The van der Waals surface area contributed by atoms with Crippen molar-refractivity contribution in [3.63, 3.8) is 0 Å². The Hall–Kier alpha value is -1.07. The zero-order valence-electron chi connectivity index (χ0n) is 7.99. The number of thiophene rings is 1. The number of amides is 1. The lowest BCUT2D eigenvalue weighted by atomic mass is 10.1. The van der Waals surface area contributed by atoms with Gasteiger partial charge in [0.05, 0.1) is 17.5 Å². The molecule has 1 atom stereocenters. The number of rotatable bonds is 4. The van der Waals surface area contributed by atoms with Gasteiger partial charge in [-0.15, -0.1) is 11.3 Å². The average molecular weight is 248 g/mol. The highest BCUT2D eigenvalue weighted by Gasteiger charge is 2.18. The fraction of sp³-hybridized carbons (Fsp3) is 0.333. The molecule has 0 saturated carbocycles. The molecule has 6 heteroatoms. The van der Waals surface area contributed by atoms with E-state index in [1.54, 1.807) is 11.4 Å². The van der Waals surface area contributed by atoms with Gasteiger partial charge in [0.15, 0.2) is 0 Å². The molecule has 82 valence electrons. The van der Waals surface area contributed by atoms with E-state index >= 15 is 0 Å². The van der Waals surface area contributed by atoms with Crippen LogP contribution in [0.1, 0.15) is 24.3 Å². The monoisotopic (exact) mass is 247 g/mol. The van der Waals surface area contributed by atoms with Crippen LogP contribution in [0.5, 0.6) is 0 Å². The van der Waals surface area contributed by atoms with Crippen LogP contribution in [0.4, 0.5) is 0 Å². The lowest BCUT2D eigenvalue weighted by Gasteiger charge is -2.13. The number of carbonyl (C=O) groups excluding carboxylic acids is 1. The molecule has 0 spiro atoms. The molecule has 1 heterocycles. The second-order valence-corrected chi connectivity index (χ2v) is 4.40. The summed E-state index contributed by atoms with van der Waals surface area (Å²) in [7, 11) is 0. The molecule has 1 unspecified atom stereocenters. The Morgan fingerprint density at radius 2 is 2.33 bits per heavy atom. The predicted molar refractivity (Wildman–Crippen MR) is 58.1 cm³/mol. The molecular formula is C9H10ClNO3S. The molecule has 4 nitrogen and oxygen atoms in total. The summed E-state index contributed by atoms with van der Waals surface area (Å²) < 4.78 is 0. The highest BCUT2D eigenvalue weighted by Crippen LogP contribution is 2.27. The zero-order valence-corrected chi connectivity index (χ0v) is 9.56. The lowest BCUT2D eigenvalue weighted by Crippen LogP contribution is -2.27.